The van der Waals surface area contributed by atoms with Crippen LogP contribution in [0.2, 0.25) is 5.02 Å². The van der Waals surface area contributed by atoms with Crippen LogP contribution in [0.4, 0.5) is 5.82 Å². The van der Waals surface area contributed by atoms with Crippen molar-refractivity contribution >= 4 is 33.2 Å². The van der Waals surface area contributed by atoms with Crippen molar-refractivity contribution in [3.05, 3.63) is 41.0 Å². The maximum atomic E-state index is 13.3. The third-order valence-corrected chi connectivity index (χ3v) is 8.50. The summed E-state index contributed by atoms with van der Waals surface area (Å²) in [4.78, 5) is 14.5. The summed E-state index contributed by atoms with van der Waals surface area (Å²) in [5.74, 6) is 0.334. The van der Waals surface area contributed by atoms with Gasteiger partial charge in [0.25, 0.3) is 0 Å². The fourth-order valence-corrected chi connectivity index (χ4v) is 6.33. The average molecular weight is 438 g/mol. The molecule has 2 aromatic rings. The second-order valence-corrected chi connectivity index (χ2v) is 10.3. The SMILES string of the molecule is COC(=O)C1C[C@@H](S(=O)(=O)c2ccccc2Cl)CN1c1cc(C)nn1C1CCC1. The van der Waals surface area contributed by atoms with E-state index in [1.165, 1.54) is 13.2 Å². The van der Waals surface area contributed by atoms with Gasteiger partial charge in [0.2, 0.25) is 0 Å². The highest BCUT2D eigenvalue weighted by molar-refractivity contribution is 7.92. The summed E-state index contributed by atoms with van der Waals surface area (Å²) in [6.07, 6.45) is 3.36. The first-order valence-corrected chi connectivity index (χ1v) is 11.6. The van der Waals surface area contributed by atoms with E-state index in [1.54, 1.807) is 18.2 Å². The number of aromatic nitrogens is 2. The number of halogens is 1. The number of aryl methyl sites for hydroxylation is 1. The molecule has 4 rings (SSSR count). The Labute approximate surface area is 175 Å². The second kappa shape index (κ2) is 7.65. The van der Waals surface area contributed by atoms with Crippen molar-refractivity contribution < 1.29 is 17.9 Å². The molecule has 1 saturated carbocycles. The molecule has 0 radical (unpaired) electrons. The Morgan fingerprint density at radius 2 is 2.00 bits per heavy atom. The first kappa shape index (κ1) is 20.2. The van der Waals surface area contributed by atoms with E-state index in [-0.39, 0.29) is 28.9 Å². The lowest BCUT2D eigenvalue weighted by molar-refractivity contribution is -0.141. The number of rotatable bonds is 5. The van der Waals surface area contributed by atoms with Crippen LogP contribution in [0.1, 0.15) is 37.4 Å². The molecular weight excluding hydrogens is 414 g/mol. The number of benzene rings is 1. The first-order valence-electron chi connectivity index (χ1n) is 9.72. The third kappa shape index (κ3) is 3.53. The van der Waals surface area contributed by atoms with Crippen molar-refractivity contribution in [2.75, 3.05) is 18.6 Å². The summed E-state index contributed by atoms with van der Waals surface area (Å²) >= 11 is 6.16. The molecule has 156 valence electrons. The Hall–Kier alpha value is -2.06. The van der Waals surface area contributed by atoms with Gasteiger partial charge in [-0.2, -0.15) is 5.10 Å². The number of hydrogen-bond donors (Lipinski definition) is 0. The molecule has 1 aliphatic heterocycles. The number of anilines is 1. The normalized spacial score (nSPS) is 22.5. The zero-order valence-corrected chi connectivity index (χ0v) is 18.0. The summed E-state index contributed by atoms with van der Waals surface area (Å²) < 4.78 is 33.5. The molecule has 0 spiro atoms. The van der Waals surface area contributed by atoms with Gasteiger partial charge in [0.1, 0.15) is 11.9 Å². The Balaban J connectivity index is 1.72. The molecule has 1 unspecified atom stereocenters. The molecular formula is C20H24ClN3O4S. The van der Waals surface area contributed by atoms with Crippen LogP contribution in [-0.2, 0) is 19.4 Å². The fraction of sp³-hybridized carbons (Fsp3) is 0.500. The molecule has 1 aliphatic carbocycles. The Morgan fingerprint density at radius 3 is 2.62 bits per heavy atom. The van der Waals surface area contributed by atoms with Crippen molar-refractivity contribution in [2.45, 2.75) is 54.8 Å². The molecule has 2 heterocycles. The van der Waals surface area contributed by atoms with Gasteiger partial charge < -0.3 is 9.64 Å². The third-order valence-electron chi connectivity index (χ3n) is 5.87. The minimum Gasteiger partial charge on any atom is -0.467 e. The van der Waals surface area contributed by atoms with E-state index >= 15 is 0 Å². The number of carbonyl (C=O) groups excluding carboxylic acids is 1. The van der Waals surface area contributed by atoms with E-state index in [2.05, 4.69) is 5.10 Å². The summed E-state index contributed by atoms with van der Waals surface area (Å²) in [7, 11) is -2.39. The van der Waals surface area contributed by atoms with Crippen molar-refractivity contribution in [1.29, 1.82) is 0 Å². The van der Waals surface area contributed by atoms with E-state index in [1.807, 2.05) is 22.6 Å². The van der Waals surface area contributed by atoms with Crippen molar-refractivity contribution in [3.63, 3.8) is 0 Å². The van der Waals surface area contributed by atoms with Crippen molar-refractivity contribution in [2.24, 2.45) is 0 Å². The summed E-state index contributed by atoms with van der Waals surface area (Å²) in [5.41, 5.74) is 0.841. The lowest BCUT2D eigenvalue weighted by Crippen LogP contribution is -2.39. The molecule has 7 nitrogen and oxygen atoms in total. The molecule has 2 aliphatic rings. The maximum Gasteiger partial charge on any atom is 0.328 e. The predicted octanol–water partition coefficient (Wildman–Crippen LogP) is 3.16. The van der Waals surface area contributed by atoms with Crippen LogP contribution in [-0.4, -0.2) is 49.1 Å². The molecule has 1 aromatic heterocycles. The summed E-state index contributed by atoms with van der Waals surface area (Å²) in [6.45, 7) is 2.09. The van der Waals surface area contributed by atoms with Crippen LogP contribution in [0, 0.1) is 6.92 Å². The Bertz CT molecular complexity index is 1030. The second-order valence-electron chi connectivity index (χ2n) is 7.70. The van der Waals surface area contributed by atoms with Crippen LogP contribution < -0.4 is 4.90 Å². The minimum atomic E-state index is -3.71. The van der Waals surface area contributed by atoms with Gasteiger partial charge in [-0.3, -0.25) is 0 Å². The average Bonchev–Trinajstić information content (AvgIpc) is 3.24. The monoisotopic (exact) mass is 437 g/mol. The molecule has 2 atom stereocenters. The first-order chi connectivity index (χ1) is 13.8. The van der Waals surface area contributed by atoms with Gasteiger partial charge in [0, 0.05) is 12.6 Å². The van der Waals surface area contributed by atoms with Gasteiger partial charge in [-0.25, -0.2) is 17.9 Å². The Kier molecular flexibility index (Phi) is 5.33. The van der Waals surface area contributed by atoms with E-state index in [9.17, 15) is 13.2 Å². The van der Waals surface area contributed by atoms with Crippen molar-refractivity contribution in [1.82, 2.24) is 9.78 Å². The highest BCUT2D eigenvalue weighted by atomic mass is 35.5. The lowest BCUT2D eigenvalue weighted by atomic mass is 9.93. The number of ether oxygens (including phenoxy) is 1. The maximum absolute atomic E-state index is 13.3. The van der Waals surface area contributed by atoms with Crippen LogP contribution in [0.15, 0.2) is 35.2 Å². The standard InChI is InChI=1S/C20H24ClN3O4S/c1-13-10-19(24(22-13)14-6-5-7-14)23-12-15(11-17(23)20(25)28-2)29(26,27)18-9-4-3-8-16(18)21/h3-4,8-10,14-15,17H,5-7,11-12H2,1-2H3/t15-,17?/m1/s1. The minimum absolute atomic E-state index is 0.0980. The molecule has 0 N–H and O–H groups in total. The number of methoxy groups -OCH3 is 1. The fourth-order valence-electron chi connectivity index (χ4n) is 4.11. The molecule has 1 aromatic carbocycles. The van der Waals surface area contributed by atoms with Gasteiger partial charge in [-0.1, -0.05) is 23.7 Å². The molecule has 2 fully saturated rings. The van der Waals surface area contributed by atoms with Gasteiger partial charge in [-0.15, -0.1) is 0 Å². The summed E-state index contributed by atoms with van der Waals surface area (Å²) in [5, 5.41) is 4.03. The van der Waals surface area contributed by atoms with E-state index in [4.69, 9.17) is 16.3 Å². The van der Waals surface area contributed by atoms with E-state index in [0.717, 1.165) is 30.8 Å². The van der Waals surface area contributed by atoms with Crippen molar-refractivity contribution in [3.8, 4) is 0 Å². The van der Waals surface area contributed by atoms with Crippen LogP contribution in [0.25, 0.3) is 0 Å². The van der Waals surface area contributed by atoms with Crippen LogP contribution in [0.5, 0.6) is 0 Å². The van der Waals surface area contributed by atoms with Gasteiger partial charge in [0.15, 0.2) is 9.84 Å². The number of esters is 1. The molecule has 1 saturated heterocycles. The molecule has 9 heteroatoms. The largest absolute Gasteiger partial charge is 0.467 e. The number of carbonyl (C=O) groups is 1. The van der Waals surface area contributed by atoms with Crippen LogP contribution in [0.3, 0.4) is 0 Å². The lowest BCUT2D eigenvalue weighted by Gasteiger charge is -2.32. The van der Waals surface area contributed by atoms with E-state index in [0.29, 0.717) is 0 Å². The smallest absolute Gasteiger partial charge is 0.328 e. The highest BCUT2D eigenvalue weighted by Gasteiger charge is 2.46. The van der Waals surface area contributed by atoms with Gasteiger partial charge in [-0.05, 0) is 44.7 Å². The zero-order chi connectivity index (χ0) is 20.8. The molecule has 0 amide bonds. The quantitative estimate of drug-likeness (QED) is 0.668. The van der Waals surface area contributed by atoms with E-state index < -0.39 is 27.1 Å². The predicted molar refractivity (Wildman–Crippen MR) is 110 cm³/mol. The Morgan fingerprint density at radius 1 is 1.28 bits per heavy atom. The zero-order valence-electron chi connectivity index (χ0n) is 16.4. The molecule has 29 heavy (non-hydrogen) atoms. The number of sulfone groups is 1. The molecule has 0 bridgehead atoms. The number of hydrogen-bond acceptors (Lipinski definition) is 6. The van der Waals surface area contributed by atoms with Gasteiger partial charge in [0.05, 0.1) is 34.0 Å². The van der Waals surface area contributed by atoms with Crippen LogP contribution >= 0.6 is 11.6 Å². The summed E-state index contributed by atoms with van der Waals surface area (Å²) in [6, 6.07) is 7.94. The number of nitrogens with zero attached hydrogens (tertiary/aromatic N) is 3. The van der Waals surface area contributed by atoms with Gasteiger partial charge >= 0.3 is 5.97 Å². The topological polar surface area (TPSA) is 81.5 Å². The highest BCUT2D eigenvalue weighted by Crippen LogP contribution is 2.39.